The van der Waals surface area contributed by atoms with Crippen LogP contribution in [-0.2, 0) is 6.42 Å². The van der Waals surface area contributed by atoms with Crippen LogP contribution < -0.4 is 5.32 Å². The quantitative estimate of drug-likeness (QED) is 0.449. The van der Waals surface area contributed by atoms with Crippen LogP contribution in [-0.4, -0.2) is 5.91 Å². The Balaban J connectivity index is 1.66. The maximum Gasteiger partial charge on any atom is 0.255 e. The fourth-order valence-corrected chi connectivity index (χ4v) is 3.16. The summed E-state index contributed by atoms with van der Waals surface area (Å²) in [6.45, 7) is 1.96. The van der Waals surface area contributed by atoms with Crippen molar-refractivity contribution >= 4 is 51.4 Å². The second kappa shape index (κ2) is 9.29. The van der Waals surface area contributed by atoms with Gasteiger partial charge in [0.2, 0.25) is 0 Å². The molecule has 0 spiro atoms. The van der Waals surface area contributed by atoms with Gasteiger partial charge in [-0.05, 0) is 60.4 Å². The zero-order chi connectivity index (χ0) is 20.1. The summed E-state index contributed by atoms with van der Waals surface area (Å²) in [5.74, 6) is -0.134. The summed E-state index contributed by atoms with van der Waals surface area (Å²) in [4.78, 5) is 12.4. The number of carbonyl (C=O) groups is 1. The van der Waals surface area contributed by atoms with Gasteiger partial charge in [-0.2, -0.15) is 0 Å². The molecule has 1 amide bonds. The number of halogens is 3. The first-order valence-corrected chi connectivity index (χ1v) is 9.84. The predicted molar refractivity (Wildman–Crippen MR) is 120 cm³/mol. The van der Waals surface area contributed by atoms with Crippen molar-refractivity contribution in [3.05, 3.63) is 105 Å². The Bertz CT molecular complexity index is 1030. The summed E-state index contributed by atoms with van der Waals surface area (Å²) < 4.78 is 0. The van der Waals surface area contributed by atoms with Gasteiger partial charge >= 0.3 is 0 Å². The van der Waals surface area contributed by atoms with E-state index in [1.54, 1.807) is 12.1 Å². The van der Waals surface area contributed by atoms with Crippen LogP contribution in [0.5, 0.6) is 0 Å². The minimum Gasteiger partial charge on any atom is -0.322 e. The van der Waals surface area contributed by atoms with Crippen molar-refractivity contribution in [1.29, 1.82) is 0 Å². The number of anilines is 1. The second-order valence-electron chi connectivity index (χ2n) is 6.35. The molecule has 0 bridgehead atoms. The largest absolute Gasteiger partial charge is 0.322 e. The molecule has 0 unspecified atom stereocenters. The summed E-state index contributed by atoms with van der Waals surface area (Å²) in [7, 11) is 0. The molecular weight excluding hydrogens is 413 g/mol. The van der Waals surface area contributed by atoms with Crippen LogP contribution in [0, 0.1) is 6.92 Å². The third-order valence-electron chi connectivity index (χ3n) is 4.32. The SMILES string of the molecule is Cc1ccccc1NC(=O)c1ccc(CC=C(Cl)c2ccc(Cl)c(Cl)c2)cc1. The molecule has 0 aromatic heterocycles. The molecule has 28 heavy (non-hydrogen) atoms. The standard InChI is InChI=1S/C23H18Cl3NO/c1-15-4-2-3-5-22(15)27-23(28)17-9-6-16(7-10-17)8-12-19(24)18-11-13-20(25)21(26)14-18/h2-7,9-14H,8H2,1H3,(H,27,28). The maximum atomic E-state index is 12.4. The Morgan fingerprint density at radius 1 is 0.929 bits per heavy atom. The molecule has 0 atom stereocenters. The summed E-state index contributed by atoms with van der Waals surface area (Å²) >= 11 is 18.3. The monoisotopic (exact) mass is 429 g/mol. The molecule has 0 aliphatic rings. The van der Waals surface area contributed by atoms with E-state index in [9.17, 15) is 4.79 Å². The maximum absolute atomic E-state index is 12.4. The zero-order valence-corrected chi connectivity index (χ0v) is 17.4. The number of nitrogens with one attached hydrogen (secondary N) is 1. The van der Waals surface area contributed by atoms with Crippen LogP contribution in [0.3, 0.4) is 0 Å². The number of amides is 1. The van der Waals surface area contributed by atoms with Crippen LogP contribution in [0.1, 0.15) is 27.0 Å². The van der Waals surface area contributed by atoms with Crippen LogP contribution in [0.4, 0.5) is 5.69 Å². The van der Waals surface area contributed by atoms with E-state index in [0.29, 0.717) is 27.1 Å². The lowest BCUT2D eigenvalue weighted by Crippen LogP contribution is -2.12. The smallest absolute Gasteiger partial charge is 0.255 e. The lowest BCUT2D eigenvalue weighted by Gasteiger charge is -2.08. The van der Waals surface area contributed by atoms with E-state index in [4.69, 9.17) is 34.8 Å². The molecule has 3 aromatic carbocycles. The van der Waals surface area contributed by atoms with Gasteiger partial charge in [-0.1, -0.05) is 77.3 Å². The zero-order valence-electron chi connectivity index (χ0n) is 15.2. The molecule has 0 radical (unpaired) electrons. The van der Waals surface area contributed by atoms with Gasteiger partial charge in [-0.25, -0.2) is 0 Å². The van der Waals surface area contributed by atoms with Crippen molar-refractivity contribution in [2.75, 3.05) is 5.32 Å². The molecule has 2 nitrogen and oxygen atoms in total. The van der Waals surface area contributed by atoms with E-state index in [0.717, 1.165) is 22.4 Å². The Hall–Kier alpha value is -2.26. The first-order valence-electron chi connectivity index (χ1n) is 8.71. The van der Waals surface area contributed by atoms with Crippen LogP contribution in [0.2, 0.25) is 10.0 Å². The van der Waals surface area contributed by atoms with Crippen LogP contribution in [0.15, 0.2) is 72.8 Å². The minimum absolute atomic E-state index is 0.134. The molecule has 3 rings (SSSR count). The molecule has 142 valence electrons. The van der Waals surface area contributed by atoms with Crippen molar-refractivity contribution < 1.29 is 4.79 Å². The van der Waals surface area contributed by atoms with Gasteiger partial charge in [-0.15, -0.1) is 0 Å². The summed E-state index contributed by atoms with van der Waals surface area (Å²) in [6.07, 6.45) is 2.54. The average Bonchev–Trinajstić information content (AvgIpc) is 2.70. The summed E-state index contributed by atoms with van der Waals surface area (Å²) in [5.41, 5.74) is 4.30. The Labute approximate surface area is 179 Å². The third-order valence-corrected chi connectivity index (χ3v) is 5.43. The van der Waals surface area contributed by atoms with Crippen molar-refractivity contribution in [2.24, 2.45) is 0 Å². The molecule has 0 saturated carbocycles. The number of para-hydroxylation sites is 1. The van der Waals surface area contributed by atoms with E-state index in [-0.39, 0.29) is 5.91 Å². The molecule has 0 aliphatic carbocycles. The first kappa shape index (κ1) is 20.5. The highest BCUT2D eigenvalue weighted by molar-refractivity contribution is 6.49. The number of hydrogen-bond acceptors (Lipinski definition) is 1. The van der Waals surface area contributed by atoms with E-state index in [1.165, 1.54) is 0 Å². The number of allylic oxidation sites excluding steroid dienone is 1. The number of aryl methyl sites for hydroxylation is 1. The second-order valence-corrected chi connectivity index (χ2v) is 7.57. The van der Waals surface area contributed by atoms with Crippen LogP contribution in [0.25, 0.3) is 5.03 Å². The van der Waals surface area contributed by atoms with Crippen molar-refractivity contribution in [3.8, 4) is 0 Å². The average molecular weight is 431 g/mol. The van der Waals surface area contributed by atoms with E-state index < -0.39 is 0 Å². The third kappa shape index (κ3) is 5.17. The topological polar surface area (TPSA) is 29.1 Å². The fourth-order valence-electron chi connectivity index (χ4n) is 2.67. The highest BCUT2D eigenvalue weighted by atomic mass is 35.5. The van der Waals surface area contributed by atoms with Gasteiger partial charge < -0.3 is 5.32 Å². The van der Waals surface area contributed by atoms with Gasteiger partial charge in [0.1, 0.15) is 0 Å². The van der Waals surface area contributed by atoms with Gasteiger partial charge in [-0.3, -0.25) is 4.79 Å². The number of benzene rings is 3. The first-order chi connectivity index (χ1) is 13.4. The minimum atomic E-state index is -0.134. The summed E-state index contributed by atoms with van der Waals surface area (Å²) in [6, 6.07) is 20.4. The number of rotatable bonds is 5. The highest BCUT2D eigenvalue weighted by Gasteiger charge is 2.08. The van der Waals surface area contributed by atoms with Gasteiger partial charge in [0, 0.05) is 16.3 Å². The molecule has 0 aliphatic heterocycles. The molecule has 0 saturated heterocycles. The Kier molecular flexibility index (Phi) is 6.79. The number of carbonyl (C=O) groups excluding carboxylic acids is 1. The van der Waals surface area contributed by atoms with E-state index in [2.05, 4.69) is 5.32 Å². The van der Waals surface area contributed by atoms with Crippen molar-refractivity contribution in [2.45, 2.75) is 13.3 Å². The van der Waals surface area contributed by atoms with Crippen LogP contribution >= 0.6 is 34.8 Å². The van der Waals surface area contributed by atoms with Gasteiger partial charge in [0.05, 0.1) is 10.0 Å². The fraction of sp³-hybridized carbons (Fsp3) is 0.0870. The Morgan fingerprint density at radius 2 is 1.61 bits per heavy atom. The van der Waals surface area contributed by atoms with E-state index >= 15 is 0 Å². The molecule has 3 aromatic rings. The molecule has 1 N–H and O–H groups in total. The molecular formula is C23H18Cl3NO. The Morgan fingerprint density at radius 3 is 2.29 bits per heavy atom. The van der Waals surface area contributed by atoms with Gasteiger partial charge in [0.25, 0.3) is 5.91 Å². The highest BCUT2D eigenvalue weighted by Crippen LogP contribution is 2.28. The molecule has 5 heteroatoms. The van der Waals surface area contributed by atoms with E-state index in [1.807, 2.05) is 67.6 Å². The summed E-state index contributed by atoms with van der Waals surface area (Å²) in [5, 5.41) is 4.49. The molecule has 0 heterocycles. The van der Waals surface area contributed by atoms with Crippen molar-refractivity contribution in [1.82, 2.24) is 0 Å². The van der Waals surface area contributed by atoms with Crippen molar-refractivity contribution in [3.63, 3.8) is 0 Å². The number of hydrogen-bond donors (Lipinski definition) is 1. The normalized spacial score (nSPS) is 11.4. The lowest BCUT2D eigenvalue weighted by atomic mass is 10.1. The lowest BCUT2D eigenvalue weighted by molar-refractivity contribution is 0.102. The molecule has 0 fully saturated rings. The van der Waals surface area contributed by atoms with Gasteiger partial charge in [0.15, 0.2) is 0 Å². The predicted octanol–water partition coefficient (Wildman–Crippen LogP) is 7.38.